The highest BCUT2D eigenvalue weighted by atomic mass is 79.9. The van der Waals surface area contributed by atoms with Gasteiger partial charge in [-0.25, -0.2) is 10.4 Å². The summed E-state index contributed by atoms with van der Waals surface area (Å²) in [6.07, 6.45) is 3.03. The molecule has 1 heterocycles. The van der Waals surface area contributed by atoms with E-state index in [2.05, 4.69) is 31.4 Å². The molecule has 0 atom stereocenters. The highest BCUT2D eigenvalue weighted by molar-refractivity contribution is 9.10. The van der Waals surface area contributed by atoms with Crippen LogP contribution >= 0.6 is 27.5 Å². The van der Waals surface area contributed by atoms with Crippen molar-refractivity contribution in [2.24, 2.45) is 5.10 Å². The quantitative estimate of drug-likeness (QED) is 0.392. The lowest BCUT2D eigenvalue weighted by atomic mass is 10.2. The molecule has 0 saturated heterocycles. The topological polar surface area (TPSA) is 72.8 Å². The van der Waals surface area contributed by atoms with Crippen LogP contribution in [0.15, 0.2) is 40.0 Å². The van der Waals surface area contributed by atoms with Crippen LogP contribution in [0.1, 0.15) is 36.7 Å². The van der Waals surface area contributed by atoms with Gasteiger partial charge in [-0.2, -0.15) is 5.10 Å². The smallest absolute Gasteiger partial charge is 0.274 e. The molecule has 0 saturated carbocycles. The number of nitrogens with one attached hydrogen (secondary N) is 1. The van der Waals surface area contributed by atoms with Crippen molar-refractivity contribution in [3.63, 3.8) is 0 Å². The van der Waals surface area contributed by atoms with E-state index in [1.54, 1.807) is 18.2 Å². The van der Waals surface area contributed by atoms with Gasteiger partial charge in [-0.1, -0.05) is 11.6 Å². The predicted octanol–water partition coefficient (Wildman–Crippen LogP) is 4.45. The van der Waals surface area contributed by atoms with Gasteiger partial charge in [0.2, 0.25) is 0 Å². The number of pyridine rings is 1. The van der Waals surface area contributed by atoms with E-state index >= 15 is 0 Å². The van der Waals surface area contributed by atoms with Crippen LogP contribution in [0.4, 0.5) is 0 Å². The molecule has 0 spiro atoms. The standard InChI is InChI=1S/C18H19BrClN3O3/c1-4-25-15-9-12(8-14(19)16(15)26-11(2)3)10-22-23-18(24)13-6-5-7-21-17(13)20/h5-11H,4H2,1-3H3,(H,23,24). The second kappa shape index (κ2) is 9.54. The molecule has 0 unspecified atom stereocenters. The molecule has 0 aliphatic rings. The van der Waals surface area contributed by atoms with E-state index in [-0.39, 0.29) is 16.8 Å². The zero-order chi connectivity index (χ0) is 19.1. The van der Waals surface area contributed by atoms with Crippen LogP contribution in [-0.2, 0) is 0 Å². The van der Waals surface area contributed by atoms with Crippen molar-refractivity contribution in [2.75, 3.05) is 6.61 Å². The molecule has 2 aromatic rings. The largest absolute Gasteiger partial charge is 0.490 e. The molecule has 138 valence electrons. The summed E-state index contributed by atoms with van der Waals surface area (Å²) < 4.78 is 12.2. The zero-order valence-electron chi connectivity index (χ0n) is 14.6. The molecule has 2 rings (SSSR count). The van der Waals surface area contributed by atoms with Crippen LogP contribution in [0.3, 0.4) is 0 Å². The van der Waals surface area contributed by atoms with Gasteiger partial charge in [0.25, 0.3) is 5.91 Å². The molecule has 6 nitrogen and oxygen atoms in total. The molecule has 1 amide bonds. The Hall–Kier alpha value is -2.12. The minimum atomic E-state index is -0.441. The van der Waals surface area contributed by atoms with Crippen LogP contribution < -0.4 is 14.9 Å². The third-order valence-electron chi connectivity index (χ3n) is 3.07. The number of hydrogen-bond acceptors (Lipinski definition) is 5. The number of rotatable bonds is 7. The number of carbonyl (C=O) groups is 1. The van der Waals surface area contributed by atoms with E-state index in [1.165, 1.54) is 12.4 Å². The van der Waals surface area contributed by atoms with Crippen molar-refractivity contribution in [3.8, 4) is 11.5 Å². The third-order valence-corrected chi connectivity index (χ3v) is 3.96. The Bertz CT molecular complexity index is 812. The number of ether oxygens (including phenoxy) is 2. The fraction of sp³-hybridized carbons (Fsp3) is 0.278. The Morgan fingerprint density at radius 2 is 2.23 bits per heavy atom. The predicted molar refractivity (Wildman–Crippen MR) is 105 cm³/mol. The number of hydrazone groups is 1. The number of hydrogen-bond donors (Lipinski definition) is 1. The molecule has 1 N–H and O–H groups in total. The van der Waals surface area contributed by atoms with E-state index in [1.807, 2.05) is 26.8 Å². The summed E-state index contributed by atoms with van der Waals surface area (Å²) in [6, 6.07) is 6.82. The Morgan fingerprint density at radius 1 is 1.46 bits per heavy atom. The number of aromatic nitrogens is 1. The first-order valence-corrected chi connectivity index (χ1v) is 9.16. The van der Waals surface area contributed by atoms with Crippen molar-refractivity contribution in [3.05, 3.63) is 51.2 Å². The molecule has 26 heavy (non-hydrogen) atoms. The maximum atomic E-state index is 12.1. The van der Waals surface area contributed by atoms with Gasteiger partial charge in [0, 0.05) is 6.20 Å². The molecule has 0 bridgehead atoms. The lowest BCUT2D eigenvalue weighted by Crippen LogP contribution is -2.18. The summed E-state index contributed by atoms with van der Waals surface area (Å²) >= 11 is 9.37. The number of carbonyl (C=O) groups excluding carboxylic acids is 1. The first kappa shape index (κ1) is 20.2. The minimum absolute atomic E-state index is 0.00791. The second-order valence-corrected chi connectivity index (χ2v) is 6.68. The van der Waals surface area contributed by atoms with Crippen molar-refractivity contribution >= 4 is 39.7 Å². The molecule has 0 aliphatic carbocycles. The van der Waals surface area contributed by atoms with Gasteiger partial charge in [-0.05, 0) is 66.5 Å². The van der Waals surface area contributed by atoms with Crippen molar-refractivity contribution in [2.45, 2.75) is 26.9 Å². The second-order valence-electron chi connectivity index (χ2n) is 5.47. The maximum Gasteiger partial charge on any atom is 0.274 e. The maximum absolute atomic E-state index is 12.1. The average molecular weight is 441 g/mol. The van der Waals surface area contributed by atoms with Gasteiger partial charge in [-0.15, -0.1) is 0 Å². The first-order valence-electron chi connectivity index (χ1n) is 7.99. The van der Waals surface area contributed by atoms with Gasteiger partial charge in [0.15, 0.2) is 11.5 Å². The van der Waals surface area contributed by atoms with Crippen LogP contribution in [0.2, 0.25) is 5.15 Å². The molecular formula is C18H19BrClN3O3. The number of amides is 1. The normalized spacial score (nSPS) is 11.0. The third kappa shape index (κ3) is 5.44. The fourth-order valence-corrected chi connectivity index (χ4v) is 2.81. The monoisotopic (exact) mass is 439 g/mol. The Kier molecular flexibility index (Phi) is 7.41. The van der Waals surface area contributed by atoms with Crippen molar-refractivity contribution in [1.82, 2.24) is 10.4 Å². The highest BCUT2D eigenvalue weighted by Crippen LogP contribution is 2.37. The summed E-state index contributed by atoms with van der Waals surface area (Å²) in [5, 5.41) is 4.09. The van der Waals surface area contributed by atoms with E-state index in [9.17, 15) is 4.79 Å². The summed E-state index contributed by atoms with van der Waals surface area (Å²) in [5.41, 5.74) is 3.41. The SMILES string of the molecule is CCOc1cc(C=NNC(=O)c2cccnc2Cl)cc(Br)c1OC(C)C. The van der Waals surface area contributed by atoms with E-state index in [4.69, 9.17) is 21.1 Å². The molecule has 1 aromatic carbocycles. The van der Waals surface area contributed by atoms with Gasteiger partial charge in [0.1, 0.15) is 5.15 Å². The highest BCUT2D eigenvalue weighted by Gasteiger charge is 2.13. The Morgan fingerprint density at radius 3 is 2.88 bits per heavy atom. The average Bonchev–Trinajstić information content (AvgIpc) is 2.58. The lowest BCUT2D eigenvalue weighted by molar-refractivity contribution is 0.0955. The number of benzene rings is 1. The van der Waals surface area contributed by atoms with Crippen molar-refractivity contribution < 1.29 is 14.3 Å². The van der Waals surface area contributed by atoms with E-state index in [0.717, 1.165) is 10.0 Å². The zero-order valence-corrected chi connectivity index (χ0v) is 17.0. The van der Waals surface area contributed by atoms with Gasteiger partial charge >= 0.3 is 0 Å². The number of halogens is 2. The summed E-state index contributed by atoms with van der Waals surface area (Å²) in [4.78, 5) is 15.9. The Balaban J connectivity index is 2.17. The lowest BCUT2D eigenvalue weighted by Gasteiger charge is -2.16. The minimum Gasteiger partial charge on any atom is -0.490 e. The molecule has 8 heteroatoms. The first-order chi connectivity index (χ1) is 12.4. The molecule has 0 fully saturated rings. The molecule has 1 aromatic heterocycles. The van der Waals surface area contributed by atoms with Gasteiger partial charge < -0.3 is 9.47 Å². The summed E-state index contributed by atoms with van der Waals surface area (Å²) in [5.74, 6) is 0.784. The molecule has 0 aliphatic heterocycles. The van der Waals surface area contributed by atoms with Crippen LogP contribution in [0.5, 0.6) is 11.5 Å². The van der Waals surface area contributed by atoms with Gasteiger partial charge in [-0.3, -0.25) is 4.79 Å². The molecule has 0 radical (unpaired) electrons. The van der Waals surface area contributed by atoms with E-state index in [0.29, 0.717) is 18.1 Å². The summed E-state index contributed by atoms with van der Waals surface area (Å²) in [6.45, 7) is 6.27. The van der Waals surface area contributed by atoms with Crippen LogP contribution in [0.25, 0.3) is 0 Å². The van der Waals surface area contributed by atoms with Crippen LogP contribution in [-0.4, -0.2) is 29.8 Å². The van der Waals surface area contributed by atoms with Gasteiger partial charge in [0.05, 0.1) is 29.0 Å². The van der Waals surface area contributed by atoms with E-state index < -0.39 is 5.91 Å². The number of nitrogens with zero attached hydrogens (tertiary/aromatic N) is 2. The molecular weight excluding hydrogens is 422 g/mol. The summed E-state index contributed by atoms with van der Waals surface area (Å²) in [7, 11) is 0. The van der Waals surface area contributed by atoms with Crippen molar-refractivity contribution in [1.29, 1.82) is 0 Å². The Labute approximate surface area is 165 Å². The fourth-order valence-electron chi connectivity index (χ4n) is 2.06. The van der Waals surface area contributed by atoms with Crippen LogP contribution in [0, 0.1) is 0 Å².